The number of piperazine rings is 1. The van der Waals surface area contributed by atoms with Crippen LogP contribution in [0.25, 0.3) is 11.4 Å². The standard InChI is InChI=1S/C17H21F3N6O2/c1-3-24(4-2)16(27)26-9-7-25(8-10-26)13-6-5-12(11-21-13)14-22-15(28-23-14)17(18,19)20/h5-6,11H,3-4,7-10H2,1-2H3. The molecule has 1 aliphatic rings. The van der Waals surface area contributed by atoms with E-state index in [4.69, 9.17) is 0 Å². The Bertz CT molecular complexity index is 796. The smallest absolute Gasteiger partial charge is 0.353 e. The van der Waals surface area contributed by atoms with Crippen LogP contribution in [0.15, 0.2) is 22.9 Å². The molecule has 11 heteroatoms. The van der Waals surface area contributed by atoms with Crippen molar-refractivity contribution in [3.63, 3.8) is 0 Å². The summed E-state index contributed by atoms with van der Waals surface area (Å²) in [6.45, 7) is 7.65. The third-order valence-corrected chi connectivity index (χ3v) is 4.58. The summed E-state index contributed by atoms with van der Waals surface area (Å²) < 4.78 is 41.9. The lowest BCUT2D eigenvalue weighted by Crippen LogP contribution is -2.53. The minimum absolute atomic E-state index is 0.0329. The highest BCUT2D eigenvalue weighted by Gasteiger charge is 2.38. The van der Waals surface area contributed by atoms with Gasteiger partial charge < -0.3 is 19.2 Å². The van der Waals surface area contributed by atoms with Crippen LogP contribution < -0.4 is 4.90 Å². The van der Waals surface area contributed by atoms with E-state index in [1.807, 2.05) is 23.6 Å². The van der Waals surface area contributed by atoms with Gasteiger partial charge in [0.15, 0.2) is 0 Å². The highest BCUT2D eigenvalue weighted by Crippen LogP contribution is 2.29. The molecule has 1 fully saturated rings. The molecule has 0 bridgehead atoms. The number of nitrogens with zero attached hydrogens (tertiary/aromatic N) is 6. The number of alkyl halides is 3. The zero-order valence-electron chi connectivity index (χ0n) is 15.6. The fourth-order valence-electron chi connectivity index (χ4n) is 2.98. The summed E-state index contributed by atoms with van der Waals surface area (Å²) in [5.74, 6) is -0.875. The maximum absolute atomic E-state index is 12.6. The number of aromatic nitrogens is 3. The van der Waals surface area contributed by atoms with Crippen LogP contribution in [-0.2, 0) is 6.18 Å². The van der Waals surface area contributed by atoms with Crippen LogP contribution in [0.1, 0.15) is 19.7 Å². The molecule has 0 N–H and O–H groups in total. The van der Waals surface area contributed by atoms with E-state index in [2.05, 4.69) is 19.6 Å². The van der Waals surface area contributed by atoms with Crippen LogP contribution in [0.3, 0.4) is 0 Å². The quantitative estimate of drug-likeness (QED) is 0.788. The van der Waals surface area contributed by atoms with Crippen molar-refractivity contribution in [2.45, 2.75) is 20.0 Å². The molecule has 0 aliphatic carbocycles. The Morgan fingerprint density at radius 3 is 2.36 bits per heavy atom. The van der Waals surface area contributed by atoms with Gasteiger partial charge in [0.05, 0.1) is 0 Å². The molecule has 28 heavy (non-hydrogen) atoms. The van der Waals surface area contributed by atoms with Crippen molar-refractivity contribution in [1.82, 2.24) is 24.9 Å². The summed E-state index contributed by atoms with van der Waals surface area (Å²) in [7, 11) is 0. The highest BCUT2D eigenvalue weighted by molar-refractivity contribution is 5.74. The van der Waals surface area contributed by atoms with Gasteiger partial charge in [-0.1, -0.05) is 5.16 Å². The zero-order chi connectivity index (χ0) is 20.3. The number of hydrogen-bond donors (Lipinski definition) is 0. The largest absolute Gasteiger partial charge is 0.471 e. The van der Waals surface area contributed by atoms with Crippen LogP contribution in [0.4, 0.5) is 23.8 Å². The van der Waals surface area contributed by atoms with Crippen molar-refractivity contribution in [3.05, 3.63) is 24.2 Å². The first-order valence-electron chi connectivity index (χ1n) is 8.99. The average molecular weight is 398 g/mol. The van der Waals surface area contributed by atoms with Crippen molar-refractivity contribution in [3.8, 4) is 11.4 Å². The second-order valence-electron chi connectivity index (χ2n) is 6.25. The summed E-state index contributed by atoms with van der Waals surface area (Å²) in [5.41, 5.74) is 0.332. The molecule has 1 aliphatic heterocycles. The van der Waals surface area contributed by atoms with Gasteiger partial charge in [0.2, 0.25) is 5.82 Å². The van der Waals surface area contributed by atoms with Crippen molar-refractivity contribution in [2.24, 2.45) is 0 Å². The normalized spacial score (nSPS) is 15.0. The van der Waals surface area contributed by atoms with E-state index in [-0.39, 0.29) is 11.9 Å². The van der Waals surface area contributed by atoms with E-state index in [1.54, 1.807) is 17.0 Å². The Kier molecular flexibility index (Phi) is 5.71. The highest BCUT2D eigenvalue weighted by atomic mass is 19.4. The number of amides is 2. The molecule has 0 radical (unpaired) electrons. The Balaban J connectivity index is 1.62. The molecule has 3 heterocycles. The lowest BCUT2D eigenvalue weighted by Gasteiger charge is -2.37. The topological polar surface area (TPSA) is 78.6 Å². The Morgan fingerprint density at radius 2 is 1.86 bits per heavy atom. The first kappa shape index (κ1) is 19.9. The third kappa shape index (κ3) is 4.18. The Labute approximate surface area is 159 Å². The van der Waals surface area contributed by atoms with Crippen LogP contribution in [0.5, 0.6) is 0 Å². The van der Waals surface area contributed by atoms with E-state index >= 15 is 0 Å². The van der Waals surface area contributed by atoms with E-state index in [9.17, 15) is 18.0 Å². The number of halogens is 3. The Hall–Kier alpha value is -2.85. The van der Waals surface area contributed by atoms with E-state index in [0.717, 1.165) is 0 Å². The van der Waals surface area contributed by atoms with Gasteiger partial charge in [-0.2, -0.15) is 18.2 Å². The van der Waals surface area contributed by atoms with Gasteiger partial charge in [0.25, 0.3) is 0 Å². The van der Waals surface area contributed by atoms with Crippen LogP contribution in [0, 0.1) is 0 Å². The predicted octanol–water partition coefficient (Wildman–Crippen LogP) is 2.73. The van der Waals surface area contributed by atoms with E-state index in [1.165, 1.54) is 6.20 Å². The van der Waals surface area contributed by atoms with Crippen LogP contribution >= 0.6 is 0 Å². The van der Waals surface area contributed by atoms with Gasteiger partial charge in [-0.25, -0.2) is 9.78 Å². The van der Waals surface area contributed by atoms with Gasteiger partial charge in [-0.3, -0.25) is 0 Å². The number of rotatable bonds is 4. The molecule has 3 rings (SSSR count). The number of carbonyl (C=O) groups excluding carboxylic acids is 1. The maximum atomic E-state index is 12.6. The Morgan fingerprint density at radius 1 is 1.18 bits per heavy atom. The molecule has 152 valence electrons. The van der Waals surface area contributed by atoms with Gasteiger partial charge in [0, 0.05) is 51.0 Å². The molecule has 0 unspecified atom stereocenters. The molecular weight excluding hydrogens is 377 g/mol. The maximum Gasteiger partial charge on any atom is 0.471 e. The monoisotopic (exact) mass is 398 g/mol. The number of anilines is 1. The van der Waals surface area contributed by atoms with Crippen LogP contribution in [-0.4, -0.2) is 70.2 Å². The number of carbonyl (C=O) groups is 1. The molecule has 2 amide bonds. The minimum Gasteiger partial charge on any atom is -0.353 e. The fourth-order valence-corrected chi connectivity index (χ4v) is 2.98. The van der Waals surface area contributed by atoms with Gasteiger partial charge >= 0.3 is 18.1 Å². The van der Waals surface area contributed by atoms with Gasteiger partial charge in [-0.15, -0.1) is 0 Å². The van der Waals surface area contributed by atoms with Gasteiger partial charge in [-0.05, 0) is 26.0 Å². The minimum atomic E-state index is -4.68. The molecule has 0 saturated carbocycles. The lowest BCUT2D eigenvalue weighted by molar-refractivity contribution is -0.159. The summed E-state index contributed by atoms with van der Waals surface area (Å²) in [5, 5.41) is 3.35. The van der Waals surface area contributed by atoms with Crippen molar-refractivity contribution in [1.29, 1.82) is 0 Å². The number of urea groups is 1. The summed E-state index contributed by atoms with van der Waals surface area (Å²) in [4.78, 5) is 25.7. The number of pyridine rings is 1. The molecule has 2 aromatic rings. The first-order chi connectivity index (χ1) is 13.3. The van der Waals surface area contributed by atoms with Crippen molar-refractivity contribution < 1.29 is 22.5 Å². The lowest BCUT2D eigenvalue weighted by atomic mass is 10.2. The molecule has 2 aromatic heterocycles. The van der Waals surface area contributed by atoms with Crippen molar-refractivity contribution >= 4 is 11.8 Å². The summed E-state index contributed by atoms with van der Waals surface area (Å²) in [6, 6.07) is 3.33. The van der Waals surface area contributed by atoms with Crippen LogP contribution in [0.2, 0.25) is 0 Å². The zero-order valence-corrected chi connectivity index (χ0v) is 15.6. The van der Waals surface area contributed by atoms with E-state index < -0.39 is 12.1 Å². The second kappa shape index (κ2) is 8.03. The average Bonchev–Trinajstić information content (AvgIpc) is 3.20. The summed E-state index contributed by atoms with van der Waals surface area (Å²) >= 11 is 0. The predicted molar refractivity (Wildman–Crippen MR) is 94.6 cm³/mol. The summed E-state index contributed by atoms with van der Waals surface area (Å²) in [6.07, 6.45) is -3.27. The molecular formula is C17H21F3N6O2. The second-order valence-corrected chi connectivity index (χ2v) is 6.25. The van der Waals surface area contributed by atoms with Gasteiger partial charge in [0.1, 0.15) is 5.82 Å². The molecule has 0 aromatic carbocycles. The van der Waals surface area contributed by atoms with Crippen molar-refractivity contribution in [2.75, 3.05) is 44.2 Å². The van der Waals surface area contributed by atoms with E-state index in [0.29, 0.717) is 50.6 Å². The third-order valence-electron chi connectivity index (χ3n) is 4.58. The fraction of sp³-hybridized carbons (Fsp3) is 0.529. The molecule has 0 atom stereocenters. The molecule has 0 spiro atoms. The SMILES string of the molecule is CCN(CC)C(=O)N1CCN(c2ccc(-c3noc(C(F)(F)F)n3)cn2)CC1. The molecule has 8 nitrogen and oxygen atoms in total. The first-order valence-corrected chi connectivity index (χ1v) is 8.99. The number of hydrogen-bond acceptors (Lipinski definition) is 6. The molecule has 1 saturated heterocycles.